The van der Waals surface area contributed by atoms with Crippen LogP contribution in [-0.2, 0) is 18.3 Å². The van der Waals surface area contributed by atoms with Gasteiger partial charge in [0.1, 0.15) is 0 Å². The Hall–Kier alpha value is 0.0138. The Labute approximate surface area is 158 Å². The van der Waals surface area contributed by atoms with Crippen LogP contribution in [-0.4, -0.2) is 56.4 Å². The molecule has 2 heterocycles. The molecule has 0 radical (unpaired) electrons. The minimum atomic E-state index is -0.738. The first-order valence-electron chi connectivity index (χ1n) is 10.3. The van der Waals surface area contributed by atoms with Crippen LogP contribution in [0.4, 0.5) is 0 Å². The van der Waals surface area contributed by atoms with Crippen LogP contribution in [0.2, 0.25) is 0 Å². The Balaban J connectivity index is 2.03. The number of hydrogen-bond donors (Lipinski definition) is 0. The van der Waals surface area contributed by atoms with E-state index in [1.807, 2.05) is 0 Å². The molecule has 0 aromatic heterocycles. The van der Waals surface area contributed by atoms with E-state index in [0.717, 1.165) is 45.7 Å². The quantitative estimate of drug-likeness (QED) is 0.404. The monoisotopic (exact) mass is 386 g/mol. The highest BCUT2D eigenvalue weighted by Gasteiger charge is 2.43. The van der Waals surface area contributed by atoms with Crippen molar-refractivity contribution in [1.29, 1.82) is 0 Å². The molecule has 2 rings (SSSR count). The van der Waals surface area contributed by atoms with Gasteiger partial charge in [-0.25, -0.2) is 0 Å². The lowest BCUT2D eigenvalue weighted by Gasteiger charge is -2.44. The van der Waals surface area contributed by atoms with Crippen molar-refractivity contribution in [3.63, 3.8) is 0 Å². The molecule has 25 heavy (non-hydrogen) atoms. The zero-order valence-corrected chi connectivity index (χ0v) is 19.2. The summed E-state index contributed by atoms with van der Waals surface area (Å²) in [4.78, 5) is 0. The third kappa shape index (κ3) is 6.01. The van der Waals surface area contributed by atoms with Crippen LogP contribution in [0, 0.1) is 5.92 Å². The maximum absolute atomic E-state index is 6.38. The minimum Gasteiger partial charge on any atom is -0.421 e. The molecule has 3 atom stereocenters. The topological polar surface area (TPSA) is 36.9 Å². The second kappa shape index (κ2) is 11.0. The standard InChI is InChI=1S/C19H38O4Si2/c1-4-17(19(25-23-6-3)13-8-10-16-21-19)11-14-18(24-22-5-2)12-7-9-15-20-18/h4,17H,1,5-16,24-25H2,2-3H3. The molecular formula is C19H38O4Si2. The van der Waals surface area contributed by atoms with Crippen LogP contribution < -0.4 is 0 Å². The Kier molecular flexibility index (Phi) is 9.37. The third-order valence-corrected chi connectivity index (χ3v) is 10.0. The molecule has 0 amide bonds. The molecule has 2 saturated heterocycles. The molecule has 0 aromatic rings. The molecule has 0 bridgehead atoms. The highest BCUT2D eigenvalue weighted by molar-refractivity contribution is 6.32. The number of hydrogen-bond acceptors (Lipinski definition) is 4. The molecule has 6 heteroatoms. The Morgan fingerprint density at radius 1 is 1.00 bits per heavy atom. The van der Waals surface area contributed by atoms with Gasteiger partial charge in [0.2, 0.25) is 0 Å². The molecule has 2 aliphatic heterocycles. The molecule has 2 fully saturated rings. The lowest BCUT2D eigenvalue weighted by atomic mass is 9.88. The first-order valence-corrected chi connectivity index (χ1v) is 12.8. The molecule has 0 aliphatic carbocycles. The fourth-order valence-corrected chi connectivity index (χ4v) is 7.56. The molecule has 146 valence electrons. The summed E-state index contributed by atoms with van der Waals surface area (Å²) in [5, 5.41) is -0.0302. The molecule has 4 nitrogen and oxygen atoms in total. The van der Waals surface area contributed by atoms with E-state index in [9.17, 15) is 0 Å². The van der Waals surface area contributed by atoms with E-state index in [1.54, 1.807) is 0 Å². The maximum atomic E-state index is 6.38. The molecule has 3 unspecified atom stereocenters. The lowest BCUT2D eigenvalue weighted by molar-refractivity contribution is -0.0695. The van der Waals surface area contributed by atoms with Crippen molar-refractivity contribution in [1.82, 2.24) is 0 Å². The number of ether oxygens (including phenoxy) is 2. The van der Waals surface area contributed by atoms with Crippen molar-refractivity contribution in [2.24, 2.45) is 5.92 Å². The van der Waals surface area contributed by atoms with Gasteiger partial charge in [0.15, 0.2) is 19.5 Å². The van der Waals surface area contributed by atoms with E-state index in [1.165, 1.54) is 32.1 Å². The van der Waals surface area contributed by atoms with Crippen molar-refractivity contribution >= 4 is 19.5 Å². The molecule has 0 saturated carbocycles. The second-order valence-corrected chi connectivity index (χ2v) is 11.4. The summed E-state index contributed by atoms with van der Waals surface area (Å²) in [6, 6.07) is 0. The van der Waals surface area contributed by atoms with E-state index >= 15 is 0 Å². The number of rotatable bonds is 11. The van der Waals surface area contributed by atoms with Crippen LogP contribution in [0.15, 0.2) is 12.7 Å². The van der Waals surface area contributed by atoms with E-state index in [0.29, 0.717) is 5.92 Å². The SMILES string of the molecule is C=CC(CCC1([SiH2]OCC)CCCCO1)C1([SiH2]OCC)CCCCO1. The van der Waals surface area contributed by atoms with Crippen molar-refractivity contribution in [2.75, 3.05) is 26.4 Å². The Morgan fingerprint density at radius 2 is 1.68 bits per heavy atom. The van der Waals surface area contributed by atoms with Crippen molar-refractivity contribution in [3.05, 3.63) is 12.7 Å². The van der Waals surface area contributed by atoms with Gasteiger partial charge in [-0.05, 0) is 65.2 Å². The van der Waals surface area contributed by atoms with Crippen molar-refractivity contribution in [2.45, 2.75) is 75.7 Å². The molecule has 2 aliphatic rings. The zero-order chi connectivity index (χ0) is 18.0. The van der Waals surface area contributed by atoms with Gasteiger partial charge in [-0.1, -0.05) is 6.08 Å². The molecular weight excluding hydrogens is 348 g/mol. The van der Waals surface area contributed by atoms with E-state index in [2.05, 4.69) is 26.5 Å². The Bertz CT molecular complexity index is 380. The predicted molar refractivity (Wildman–Crippen MR) is 108 cm³/mol. The summed E-state index contributed by atoms with van der Waals surface area (Å²) in [5.41, 5.74) is 0. The highest BCUT2D eigenvalue weighted by Crippen LogP contribution is 2.38. The summed E-state index contributed by atoms with van der Waals surface area (Å²) >= 11 is 0. The largest absolute Gasteiger partial charge is 0.421 e. The van der Waals surface area contributed by atoms with Gasteiger partial charge in [0.05, 0.1) is 10.4 Å². The summed E-state index contributed by atoms with van der Waals surface area (Å²) in [5.74, 6) is 0.379. The van der Waals surface area contributed by atoms with Crippen molar-refractivity contribution < 1.29 is 18.3 Å². The Morgan fingerprint density at radius 3 is 2.24 bits per heavy atom. The minimum absolute atomic E-state index is 0.0263. The normalized spacial score (nSPS) is 32.6. The fourth-order valence-electron chi connectivity index (χ4n) is 4.26. The van der Waals surface area contributed by atoms with Gasteiger partial charge in [0.25, 0.3) is 0 Å². The fraction of sp³-hybridized carbons (Fsp3) is 0.895. The van der Waals surface area contributed by atoms with E-state index in [4.69, 9.17) is 18.3 Å². The van der Waals surface area contributed by atoms with Crippen LogP contribution in [0.3, 0.4) is 0 Å². The van der Waals surface area contributed by atoms with Gasteiger partial charge in [-0.3, -0.25) is 0 Å². The van der Waals surface area contributed by atoms with Gasteiger partial charge in [-0.2, -0.15) is 0 Å². The van der Waals surface area contributed by atoms with E-state index < -0.39 is 19.5 Å². The zero-order valence-electron chi connectivity index (χ0n) is 16.4. The van der Waals surface area contributed by atoms with Crippen LogP contribution in [0.1, 0.15) is 65.2 Å². The summed E-state index contributed by atoms with van der Waals surface area (Å²) in [7, 11) is -1.41. The third-order valence-electron chi connectivity index (χ3n) is 5.81. The smallest absolute Gasteiger partial charge is 0.194 e. The van der Waals surface area contributed by atoms with Gasteiger partial charge < -0.3 is 18.3 Å². The summed E-state index contributed by atoms with van der Waals surface area (Å²) in [6.07, 6.45) is 11.5. The first kappa shape index (κ1) is 21.3. The average Bonchev–Trinajstić information content (AvgIpc) is 2.67. The molecule has 0 spiro atoms. The van der Waals surface area contributed by atoms with Crippen LogP contribution in [0.25, 0.3) is 0 Å². The summed E-state index contributed by atoms with van der Waals surface area (Å²) in [6.45, 7) is 11.7. The molecule has 0 aromatic carbocycles. The predicted octanol–water partition coefficient (Wildman–Crippen LogP) is 2.60. The lowest BCUT2D eigenvalue weighted by Crippen LogP contribution is -2.51. The van der Waals surface area contributed by atoms with Gasteiger partial charge >= 0.3 is 0 Å². The first-order chi connectivity index (χ1) is 12.2. The average molecular weight is 387 g/mol. The second-order valence-electron chi connectivity index (χ2n) is 7.51. The maximum Gasteiger partial charge on any atom is 0.194 e. The summed E-state index contributed by atoms with van der Waals surface area (Å²) < 4.78 is 24.6. The van der Waals surface area contributed by atoms with Crippen LogP contribution >= 0.6 is 0 Å². The molecule has 0 N–H and O–H groups in total. The van der Waals surface area contributed by atoms with E-state index in [-0.39, 0.29) is 10.4 Å². The van der Waals surface area contributed by atoms with Crippen LogP contribution in [0.5, 0.6) is 0 Å². The van der Waals surface area contributed by atoms with Gasteiger partial charge in [0, 0.05) is 32.3 Å². The van der Waals surface area contributed by atoms with Crippen molar-refractivity contribution in [3.8, 4) is 0 Å². The highest BCUT2D eigenvalue weighted by atomic mass is 28.2. The van der Waals surface area contributed by atoms with Gasteiger partial charge in [-0.15, -0.1) is 6.58 Å².